The fourth-order valence-electron chi connectivity index (χ4n) is 1.73. The van der Waals surface area contributed by atoms with E-state index in [1.807, 2.05) is 19.9 Å². The molecule has 0 amide bonds. The smallest absolute Gasteiger partial charge is 0.165 e. The highest BCUT2D eigenvalue weighted by Gasteiger charge is 2.10. The second kappa shape index (κ2) is 6.07. The summed E-state index contributed by atoms with van der Waals surface area (Å²) in [6.45, 7) is 4.38. The predicted molar refractivity (Wildman–Crippen MR) is 81.0 cm³/mol. The highest BCUT2D eigenvalue weighted by Crippen LogP contribution is 2.30. The average molecular weight is 293 g/mol. The number of halogens is 1. The summed E-state index contributed by atoms with van der Waals surface area (Å²) >= 11 is 5.95. The number of phenols is 1. The van der Waals surface area contributed by atoms with E-state index in [1.165, 1.54) is 6.07 Å². The Labute approximate surface area is 122 Å². The fraction of sp³-hybridized carbons (Fsp3) is 0.286. The monoisotopic (exact) mass is 292 g/mol. The van der Waals surface area contributed by atoms with Crippen molar-refractivity contribution in [2.45, 2.75) is 19.9 Å². The Bertz CT molecular complexity index is 616. The van der Waals surface area contributed by atoms with Crippen molar-refractivity contribution in [2.75, 3.05) is 11.9 Å². The zero-order valence-corrected chi connectivity index (χ0v) is 12.1. The van der Waals surface area contributed by atoms with Gasteiger partial charge in [0.2, 0.25) is 0 Å². The van der Waals surface area contributed by atoms with Gasteiger partial charge >= 0.3 is 0 Å². The molecule has 106 valence electrons. The van der Waals surface area contributed by atoms with E-state index in [0.717, 1.165) is 5.69 Å². The SMILES string of the molecule is Cc1cc(NC[C@@H](C)N)nc(-c2cc(Cl)ccc2O)n1. The maximum atomic E-state index is 9.91. The van der Waals surface area contributed by atoms with E-state index >= 15 is 0 Å². The maximum absolute atomic E-state index is 9.91. The van der Waals surface area contributed by atoms with Crippen LogP contribution in [0.3, 0.4) is 0 Å². The standard InChI is InChI=1S/C14H17ClN4O/c1-8(16)7-17-13-5-9(2)18-14(19-13)11-6-10(15)3-4-12(11)20/h3-6,8,20H,7,16H2,1-2H3,(H,17,18,19)/t8-/m1/s1. The topological polar surface area (TPSA) is 84.1 Å². The van der Waals surface area contributed by atoms with Crippen molar-refractivity contribution in [1.82, 2.24) is 9.97 Å². The Morgan fingerprint density at radius 1 is 1.35 bits per heavy atom. The van der Waals surface area contributed by atoms with Crippen molar-refractivity contribution >= 4 is 17.4 Å². The van der Waals surface area contributed by atoms with Gasteiger partial charge in [-0.15, -0.1) is 0 Å². The van der Waals surface area contributed by atoms with Crippen molar-refractivity contribution in [3.8, 4) is 17.1 Å². The van der Waals surface area contributed by atoms with Gasteiger partial charge in [-0.1, -0.05) is 11.6 Å². The molecule has 0 aliphatic carbocycles. The van der Waals surface area contributed by atoms with E-state index in [2.05, 4.69) is 15.3 Å². The molecule has 0 bridgehead atoms. The fourth-order valence-corrected chi connectivity index (χ4v) is 1.90. The largest absolute Gasteiger partial charge is 0.507 e. The van der Waals surface area contributed by atoms with Crippen molar-refractivity contribution < 1.29 is 5.11 Å². The van der Waals surface area contributed by atoms with E-state index in [4.69, 9.17) is 17.3 Å². The lowest BCUT2D eigenvalue weighted by Gasteiger charge is -2.11. The summed E-state index contributed by atoms with van der Waals surface area (Å²) in [5.41, 5.74) is 7.01. The van der Waals surface area contributed by atoms with Crippen LogP contribution in [-0.2, 0) is 0 Å². The summed E-state index contributed by atoms with van der Waals surface area (Å²) in [4.78, 5) is 8.71. The molecule has 2 aromatic rings. The van der Waals surface area contributed by atoms with Crippen LogP contribution in [0.4, 0.5) is 5.82 Å². The minimum atomic E-state index is 0.0216. The van der Waals surface area contributed by atoms with Gasteiger partial charge in [0.05, 0.1) is 5.56 Å². The minimum Gasteiger partial charge on any atom is -0.507 e. The zero-order chi connectivity index (χ0) is 14.7. The molecule has 1 aromatic heterocycles. The first-order chi connectivity index (χ1) is 9.45. The second-order valence-corrected chi connectivity index (χ2v) is 5.17. The maximum Gasteiger partial charge on any atom is 0.165 e. The van der Waals surface area contributed by atoms with Crippen LogP contribution >= 0.6 is 11.6 Å². The average Bonchev–Trinajstić information content (AvgIpc) is 2.38. The molecule has 1 atom stereocenters. The van der Waals surface area contributed by atoms with E-state index in [-0.39, 0.29) is 11.8 Å². The van der Waals surface area contributed by atoms with Gasteiger partial charge in [-0.05, 0) is 32.0 Å². The molecule has 2 rings (SSSR count). The number of hydrogen-bond donors (Lipinski definition) is 3. The number of aromatic nitrogens is 2. The van der Waals surface area contributed by atoms with Crippen molar-refractivity contribution in [1.29, 1.82) is 0 Å². The van der Waals surface area contributed by atoms with Gasteiger partial charge in [0.25, 0.3) is 0 Å². The Morgan fingerprint density at radius 3 is 2.80 bits per heavy atom. The number of anilines is 1. The molecule has 0 spiro atoms. The van der Waals surface area contributed by atoms with Crippen LogP contribution in [0.1, 0.15) is 12.6 Å². The summed E-state index contributed by atoms with van der Waals surface area (Å²) in [5, 5.41) is 13.6. The van der Waals surface area contributed by atoms with Crippen molar-refractivity contribution in [3.63, 3.8) is 0 Å². The molecule has 20 heavy (non-hydrogen) atoms. The number of nitrogens with one attached hydrogen (secondary N) is 1. The number of nitrogens with two attached hydrogens (primary N) is 1. The highest BCUT2D eigenvalue weighted by atomic mass is 35.5. The molecule has 0 radical (unpaired) electrons. The molecular weight excluding hydrogens is 276 g/mol. The van der Waals surface area contributed by atoms with Gasteiger partial charge in [-0.2, -0.15) is 0 Å². The van der Waals surface area contributed by atoms with E-state index in [9.17, 15) is 5.11 Å². The predicted octanol–water partition coefficient (Wildman–Crippen LogP) is 2.57. The van der Waals surface area contributed by atoms with Crippen molar-refractivity contribution in [2.24, 2.45) is 5.73 Å². The third-order valence-electron chi connectivity index (χ3n) is 2.66. The molecule has 5 nitrogen and oxygen atoms in total. The molecule has 0 aliphatic rings. The first-order valence-electron chi connectivity index (χ1n) is 6.29. The van der Waals surface area contributed by atoms with E-state index < -0.39 is 0 Å². The first kappa shape index (κ1) is 14.6. The Morgan fingerprint density at radius 2 is 2.10 bits per heavy atom. The first-order valence-corrected chi connectivity index (χ1v) is 6.67. The second-order valence-electron chi connectivity index (χ2n) is 4.74. The quantitative estimate of drug-likeness (QED) is 0.806. The van der Waals surface area contributed by atoms with Crippen LogP contribution < -0.4 is 11.1 Å². The Kier molecular flexibility index (Phi) is 4.42. The van der Waals surface area contributed by atoms with Crippen LogP contribution in [0, 0.1) is 6.92 Å². The zero-order valence-electron chi connectivity index (χ0n) is 11.4. The summed E-state index contributed by atoms with van der Waals surface area (Å²) < 4.78 is 0. The van der Waals surface area contributed by atoms with Gasteiger partial charge in [-0.3, -0.25) is 0 Å². The number of aryl methyl sites for hydroxylation is 1. The molecular formula is C14H17ClN4O. The molecule has 6 heteroatoms. The van der Waals surface area contributed by atoms with Crippen LogP contribution in [-0.4, -0.2) is 27.7 Å². The van der Waals surface area contributed by atoms with Gasteiger partial charge in [0.15, 0.2) is 5.82 Å². The highest BCUT2D eigenvalue weighted by molar-refractivity contribution is 6.30. The van der Waals surface area contributed by atoms with E-state index in [0.29, 0.717) is 28.8 Å². The third-order valence-corrected chi connectivity index (χ3v) is 2.89. The number of aromatic hydroxyl groups is 1. The van der Waals surface area contributed by atoms with Crippen LogP contribution in [0.15, 0.2) is 24.3 Å². The van der Waals surface area contributed by atoms with Gasteiger partial charge in [0.1, 0.15) is 11.6 Å². The Hall–Kier alpha value is -1.85. The molecule has 1 heterocycles. The summed E-state index contributed by atoms with van der Waals surface area (Å²) in [6, 6.07) is 6.63. The van der Waals surface area contributed by atoms with Gasteiger partial charge < -0.3 is 16.2 Å². The molecule has 1 aromatic carbocycles. The molecule has 0 unspecified atom stereocenters. The van der Waals surface area contributed by atoms with Gasteiger partial charge in [0, 0.05) is 29.4 Å². The Balaban J connectivity index is 2.38. The van der Waals surface area contributed by atoms with Crippen LogP contribution in [0.2, 0.25) is 5.02 Å². The molecule has 0 fully saturated rings. The normalized spacial score (nSPS) is 12.2. The number of phenolic OH excluding ortho intramolecular Hbond substituents is 1. The molecule has 0 aliphatic heterocycles. The molecule has 0 saturated heterocycles. The lowest BCUT2D eigenvalue weighted by molar-refractivity contribution is 0.477. The summed E-state index contributed by atoms with van der Waals surface area (Å²) in [7, 11) is 0. The molecule has 4 N–H and O–H groups in total. The van der Waals surface area contributed by atoms with E-state index in [1.54, 1.807) is 12.1 Å². The summed E-state index contributed by atoms with van der Waals surface area (Å²) in [6.07, 6.45) is 0. The number of rotatable bonds is 4. The number of benzene rings is 1. The minimum absolute atomic E-state index is 0.0216. The molecule has 0 saturated carbocycles. The third kappa shape index (κ3) is 3.59. The lowest BCUT2D eigenvalue weighted by atomic mass is 10.2. The summed E-state index contributed by atoms with van der Waals surface area (Å²) in [5.74, 6) is 1.19. The van der Waals surface area contributed by atoms with Crippen LogP contribution in [0.25, 0.3) is 11.4 Å². The number of nitrogens with zero attached hydrogens (tertiary/aromatic N) is 2. The number of hydrogen-bond acceptors (Lipinski definition) is 5. The van der Waals surface area contributed by atoms with Gasteiger partial charge in [-0.25, -0.2) is 9.97 Å². The van der Waals surface area contributed by atoms with Crippen molar-refractivity contribution in [3.05, 3.63) is 35.0 Å². The van der Waals surface area contributed by atoms with Crippen LogP contribution in [0.5, 0.6) is 5.75 Å². The lowest BCUT2D eigenvalue weighted by Crippen LogP contribution is -2.25.